The number of aromatic nitrogens is 2. The first-order valence-electron chi connectivity index (χ1n) is 6.01. The number of carbonyl (C=O) groups is 1. The molecule has 1 atom stereocenters. The molecule has 7 nitrogen and oxygen atoms in total. The Labute approximate surface area is 126 Å². The van der Waals surface area contributed by atoms with Crippen molar-refractivity contribution in [1.29, 1.82) is 0 Å². The highest BCUT2D eigenvalue weighted by molar-refractivity contribution is 7.89. The second-order valence-electron chi connectivity index (χ2n) is 4.50. The molecule has 0 bridgehead atoms. The molecule has 0 radical (unpaired) electrons. The van der Waals surface area contributed by atoms with Gasteiger partial charge in [0.25, 0.3) is 5.91 Å². The first kappa shape index (κ1) is 15.5. The van der Waals surface area contributed by atoms with Gasteiger partial charge in [-0.3, -0.25) is 4.79 Å². The minimum Gasteiger partial charge on any atom is -0.345 e. The monoisotopic (exact) mass is 326 g/mol. The number of rotatable bonds is 4. The van der Waals surface area contributed by atoms with Crippen LogP contribution in [0.1, 0.15) is 33.9 Å². The molecule has 0 saturated carbocycles. The van der Waals surface area contributed by atoms with E-state index in [-0.39, 0.29) is 16.8 Å². The van der Waals surface area contributed by atoms with Gasteiger partial charge in [0.1, 0.15) is 4.88 Å². The summed E-state index contributed by atoms with van der Waals surface area (Å²) < 4.78 is 26.4. The van der Waals surface area contributed by atoms with Crippen LogP contribution in [0.25, 0.3) is 0 Å². The summed E-state index contributed by atoms with van der Waals surface area (Å²) in [5.41, 5.74) is 1.20. The van der Waals surface area contributed by atoms with Gasteiger partial charge in [-0.15, -0.1) is 5.10 Å². The van der Waals surface area contributed by atoms with Crippen LogP contribution in [0.3, 0.4) is 0 Å². The number of aryl methyl sites for hydroxylation is 1. The lowest BCUT2D eigenvalue weighted by Crippen LogP contribution is -2.26. The van der Waals surface area contributed by atoms with Crippen molar-refractivity contribution in [2.45, 2.75) is 24.8 Å². The maximum absolute atomic E-state index is 12.1. The van der Waals surface area contributed by atoms with E-state index in [1.807, 2.05) is 0 Å². The van der Waals surface area contributed by atoms with Crippen molar-refractivity contribution in [2.24, 2.45) is 5.14 Å². The lowest BCUT2D eigenvalue weighted by Gasteiger charge is -2.14. The van der Waals surface area contributed by atoms with E-state index < -0.39 is 10.0 Å². The zero-order valence-electron chi connectivity index (χ0n) is 11.4. The van der Waals surface area contributed by atoms with Crippen LogP contribution in [-0.2, 0) is 10.0 Å². The summed E-state index contributed by atoms with van der Waals surface area (Å²) >= 11 is 1.01. The van der Waals surface area contributed by atoms with Crippen molar-refractivity contribution in [3.05, 3.63) is 40.4 Å². The third kappa shape index (κ3) is 3.63. The molecule has 0 fully saturated rings. The molecular formula is C12H14N4O3S2. The van der Waals surface area contributed by atoms with Crippen molar-refractivity contribution >= 4 is 27.5 Å². The summed E-state index contributed by atoms with van der Waals surface area (Å²) in [6.45, 7) is 3.45. The molecule has 3 N–H and O–H groups in total. The summed E-state index contributed by atoms with van der Waals surface area (Å²) in [5.74, 6) is -0.295. The Morgan fingerprint density at radius 3 is 2.71 bits per heavy atom. The molecule has 1 aromatic heterocycles. The molecule has 9 heteroatoms. The molecular weight excluding hydrogens is 312 g/mol. The van der Waals surface area contributed by atoms with Gasteiger partial charge >= 0.3 is 0 Å². The van der Waals surface area contributed by atoms with Gasteiger partial charge in [0.05, 0.1) is 16.6 Å². The van der Waals surface area contributed by atoms with Gasteiger partial charge in [0, 0.05) is 0 Å². The van der Waals surface area contributed by atoms with Gasteiger partial charge in [-0.1, -0.05) is 16.6 Å². The smallest absolute Gasteiger partial charge is 0.265 e. The fourth-order valence-corrected chi connectivity index (χ4v) is 2.87. The van der Waals surface area contributed by atoms with Crippen molar-refractivity contribution in [3.8, 4) is 0 Å². The number of nitrogens with two attached hydrogens (primary N) is 1. The number of hydrogen-bond donors (Lipinski definition) is 2. The van der Waals surface area contributed by atoms with Crippen molar-refractivity contribution in [2.75, 3.05) is 0 Å². The van der Waals surface area contributed by atoms with E-state index in [9.17, 15) is 13.2 Å². The summed E-state index contributed by atoms with van der Waals surface area (Å²) in [6, 6.07) is 5.78. The van der Waals surface area contributed by atoms with Crippen LogP contribution >= 0.6 is 11.5 Å². The Bertz CT molecular complexity index is 770. The maximum Gasteiger partial charge on any atom is 0.265 e. The molecule has 2 rings (SSSR count). The zero-order valence-corrected chi connectivity index (χ0v) is 13.0. The van der Waals surface area contributed by atoms with E-state index in [2.05, 4.69) is 14.9 Å². The van der Waals surface area contributed by atoms with Crippen LogP contribution < -0.4 is 10.5 Å². The number of nitrogens with one attached hydrogen (secondary N) is 1. The Kier molecular flexibility index (Phi) is 4.35. The van der Waals surface area contributed by atoms with Gasteiger partial charge in [0.15, 0.2) is 0 Å². The Balaban J connectivity index is 2.19. The lowest BCUT2D eigenvalue weighted by molar-refractivity contribution is 0.0943. The van der Waals surface area contributed by atoms with Crippen LogP contribution in [0.15, 0.2) is 29.2 Å². The maximum atomic E-state index is 12.1. The predicted molar refractivity (Wildman–Crippen MR) is 78.3 cm³/mol. The van der Waals surface area contributed by atoms with E-state index in [0.29, 0.717) is 16.1 Å². The van der Waals surface area contributed by atoms with Gasteiger partial charge < -0.3 is 5.32 Å². The molecule has 0 aliphatic heterocycles. The molecule has 1 unspecified atom stereocenters. The van der Waals surface area contributed by atoms with E-state index in [1.165, 1.54) is 12.1 Å². The largest absolute Gasteiger partial charge is 0.345 e. The van der Waals surface area contributed by atoms with Crippen LogP contribution in [-0.4, -0.2) is 23.9 Å². The van der Waals surface area contributed by atoms with Crippen LogP contribution in [0.5, 0.6) is 0 Å². The number of hydrogen-bond acceptors (Lipinski definition) is 6. The second kappa shape index (κ2) is 5.88. The fraction of sp³-hybridized carbons (Fsp3) is 0.250. The Morgan fingerprint density at radius 1 is 1.43 bits per heavy atom. The van der Waals surface area contributed by atoms with Gasteiger partial charge in [-0.25, -0.2) is 13.6 Å². The molecule has 0 saturated heterocycles. The number of primary sulfonamides is 1. The standard InChI is InChI=1S/C12H14N4O3S2/c1-7(14-12(17)11-8(2)15-16-20-11)9-4-3-5-10(6-9)21(13,18)19/h3-7H,1-2H3,(H,14,17)(H2,13,18,19). The highest BCUT2D eigenvalue weighted by Crippen LogP contribution is 2.18. The Hall–Kier alpha value is -1.84. The summed E-state index contributed by atoms with van der Waals surface area (Å²) in [5, 5.41) is 11.6. The molecule has 0 spiro atoms. The van der Waals surface area contributed by atoms with Crippen molar-refractivity contribution < 1.29 is 13.2 Å². The first-order chi connectivity index (χ1) is 9.79. The van der Waals surface area contributed by atoms with Crippen LogP contribution in [0.4, 0.5) is 0 Å². The van der Waals surface area contributed by atoms with Gasteiger partial charge in [0.2, 0.25) is 10.0 Å². The molecule has 2 aromatic rings. The first-order valence-corrected chi connectivity index (χ1v) is 8.33. The fourth-order valence-electron chi connectivity index (χ4n) is 1.75. The molecule has 112 valence electrons. The normalized spacial score (nSPS) is 12.9. The lowest BCUT2D eigenvalue weighted by atomic mass is 10.1. The predicted octanol–water partition coefficient (Wildman–Crippen LogP) is 0.985. The molecule has 1 amide bonds. The quantitative estimate of drug-likeness (QED) is 0.869. The molecule has 0 aliphatic rings. The van der Waals surface area contributed by atoms with E-state index >= 15 is 0 Å². The number of amides is 1. The highest BCUT2D eigenvalue weighted by atomic mass is 32.2. The number of sulfonamides is 1. The average molecular weight is 326 g/mol. The topological polar surface area (TPSA) is 115 Å². The van der Waals surface area contributed by atoms with Crippen LogP contribution in [0.2, 0.25) is 0 Å². The number of nitrogens with zero attached hydrogens (tertiary/aromatic N) is 2. The average Bonchev–Trinajstić information content (AvgIpc) is 2.84. The van der Waals surface area contributed by atoms with Crippen LogP contribution in [0, 0.1) is 6.92 Å². The minimum atomic E-state index is -3.77. The second-order valence-corrected chi connectivity index (χ2v) is 6.82. The third-order valence-electron chi connectivity index (χ3n) is 2.89. The molecule has 21 heavy (non-hydrogen) atoms. The molecule has 1 heterocycles. The molecule has 1 aromatic carbocycles. The van der Waals surface area contributed by atoms with E-state index in [0.717, 1.165) is 11.5 Å². The van der Waals surface area contributed by atoms with Gasteiger partial charge in [-0.2, -0.15) is 0 Å². The van der Waals surface area contributed by atoms with Crippen molar-refractivity contribution in [1.82, 2.24) is 14.9 Å². The zero-order chi connectivity index (χ0) is 15.6. The van der Waals surface area contributed by atoms with E-state index in [1.54, 1.807) is 26.0 Å². The SMILES string of the molecule is Cc1nnsc1C(=O)NC(C)c1cccc(S(N)(=O)=O)c1. The molecule has 0 aliphatic carbocycles. The Morgan fingerprint density at radius 2 is 2.14 bits per heavy atom. The van der Waals surface area contributed by atoms with Gasteiger partial charge in [-0.05, 0) is 43.1 Å². The summed E-state index contributed by atoms with van der Waals surface area (Å²) in [6.07, 6.45) is 0. The number of benzene rings is 1. The van der Waals surface area contributed by atoms with E-state index in [4.69, 9.17) is 5.14 Å². The summed E-state index contributed by atoms with van der Waals surface area (Å²) in [7, 11) is -3.77. The van der Waals surface area contributed by atoms with Crippen molar-refractivity contribution in [3.63, 3.8) is 0 Å². The third-order valence-corrected chi connectivity index (χ3v) is 4.63. The highest BCUT2D eigenvalue weighted by Gasteiger charge is 2.17. The minimum absolute atomic E-state index is 0.0109. The number of carbonyl (C=O) groups excluding carboxylic acids is 1. The summed E-state index contributed by atoms with van der Waals surface area (Å²) in [4.78, 5) is 12.5.